The van der Waals surface area contributed by atoms with Crippen molar-refractivity contribution in [1.82, 2.24) is 0 Å². The maximum Gasteiger partial charge on any atom is 0.262 e. The van der Waals surface area contributed by atoms with Gasteiger partial charge in [-0.15, -0.1) is 0 Å². The van der Waals surface area contributed by atoms with E-state index in [-0.39, 0.29) is 35.3 Å². The fourth-order valence-electron chi connectivity index (χ4n) is 2.69. The quantitative estimate of drug-likeness (QED) is 0.698. The number of fused-ring (bicyclic) bond motifs is 1. The molecule has 0 fully saturated rings. The summed E-state index contributed by atoms with van der Waals surface area (Å²) in [6.07, 6.45) is -0.341. The number of hydrogen-bond donors (Lipinski definition) is 2. The minimum absolute atomic E-state index is 0.0185. The SMILES string of the molecule is Cc1cc2c(cc1S(=O)(=O)CCC(=O)Nc1ccc(Br)cc1F)OCC(=O)N2. The van der Waals surface area contributed by atoms with Gasteiger partial charge in [0.25, 0.3) is 5.91 Å². The molecular formula is C18H16BrFN2O5S. The van der Waals surface area contributed by atoms with Crippen LogP contribution in [-0.2, 0) is 19.4 Å². The molecule has 0 unspecified atom stereocenters. The number of carbonyl (C=O) groups is 2. The van der Waals surface area contributed by atoms with Gasteiger partial charge in [0.15, 0.2) is 16.4 Å². The molecular weight excluding hydrogens is 455 g/mol. The van der Waals surface area contributed by atoms with Crippen molar-refractivity contribution in [3.63, 3.8) is 0 Å². The number of benzene rings is 2. The van der Waals surface area contributed by atoms with Crippen LogP contribution in [0.5, 0.6) is 5.75 Å². The first-order valence-corrected chi connectivity index (χ1v) is 10.7. The molecule has 0 saturated heterocycles. The molecule has 2 aromatic rings. The zero-order valence-corrected chi connectivity index (χ0v) is 17.1. The van der Waals surface area contributed by atoms with Gasteiger partial charge in [-0.3, -0.25) is 9.59 Å². The summed E-state index contributed by atoms with van der Waals surface area (Å²) in [6.45, 7) is 1.39. The van der Waals surface area contributed by atoms with Crippen molar-refractivity contribution >= 4 is 49.0 Å². The van der Waals surface area contributed by atoms with Gasteiger partial charge < -0.3 is 15.4 Å². The first kappa shape index (κ1) is 20.3. The summed E-state index contributed by atoms with van der Waals surface area (Å²) in [6, 6.07) is 6.99. The zero-order chi connectivity index (χ0) is 20.5. The second-order valence-corrected chi connectivity index (χ2v) is 9.19. The number of carbonyl (C=O) groups excluding carboxylic acids is 2. The van der Waals surface area contributed by atoms with Crippen LogP contribution in [0, 0.1) is 12.7 Å². The molecule has 10 heteroatoms. The molecule has 1 aliphatic heterocycles. The molecule has 2 amide bonds. The topological polar surface area (TPSA) is 102 Å². The zero-order valence-electron chi connectivity index (χ0n) is 14.7. The summed E-state index contributed by atoms with van der Waals surface area (Å²) in [7, 11) is -3.80. The van der Waals surface area contributed by atoms with Crippen molar-refractivity contribution in [1.29, 1.82) is 0 Å². The summed E-state index contributed by atoms with van der Waals surface area (Å²) in [5.74, 6) is -1.77. The van der Waals surface area contributed by atoms with Crippen LogP contribution in [-0.4, -0.2) is 32.6 Å². The Morgan fingerprint density at radius 2 is 2.07 bits per heavy atom. The average molecular weight is 471 g/mol. The third-order valence-electron chi connectivity index (χ3n) is 4.05. The number of aryl methyl sites for hydroxylation is 1. The molecule has 0 aliphatic carbocycles. The predicted octanol–water partition coefficient (Wildman–Crippen LogP) is 3.03. The number of halogens is 2. The lowest BCUT2D eigenvalue weighted by Gasteiger charge is -2.20. The summed E-state index contributed by atoms with van der Waals surface area (Å²) >= 11 is 3.12. The molecule has 7 nitrogen and oxygen atoms in total. The number of sulfone groups is 1. The van der Waals surface area contributed by atoms with Crippen molar-refractivity contribution < 1.29 is 27.1 Å². The Bertz CT molecular complexity index is 1070. The van der Waals surface area contributed by atoms with E-state index in [0.717, 1.165) is 0 Å². The van der Waals surface area contributed by atoms with Crippen LogP contribution < -0.4 is 15.4 Å². The Balaban J connectivity index is 1.71. The van der Waals surface area contributed by atoms with Crippen molar-refractivity contribution in [3.05, 3.63) is 46.2 Å². The molecule has 1 heterocycles. The maximum absolute atomic E-state index is 13.8. The molecule has 2 N–H and O–H groups in total. The molecule has 1 aliphatic rings. The van der Waals surface area contributed by atoms with Gasteiger partial charge in [0.2, 0.25) is 5.91 Å². The lowest BCUT2D eigenvalue weighted by atomic mass is 10.2. The Morgan fingerprint density at radius 3 is 2.79 bits per heavy atom. The molecule has 28 heavy (non-hydrogen) atoms. The van der Waals surface area contributed by atoms with Crippen molar-refractivity contribution in [3.8, 4) is 5.75 Å². The van der Waals surface area contributed by atoms with Gasteiger partial charge in [0, 0.05) is 17.0 Å². The van der Waals surface area contributed by atoms with Gasteiger partial charge in [0.1, 0.15) is 11.6 Å². The van der Waals surface area contributed by atoms with E-state index in [1.807, 2.05) is 0 Å². The summed E-state index contributed by atoms with van der Waals surface area (Å²) in [5.41, 5.74) is 0.791. The smallest absolute Gasteiger partial charge is 0.262 e. The van der Waals surface area contributed by atoms with Crippen molar-refractivity contribution in [2.45, 2.75) is 18.2 Å². The predicted molar refractivity (Wildman–Crippen MR) is 105 cm³/mol. The average Bonchev–Trinajstić information content (AvgIpc) is 2.61. The largest absolute Gasteiger partial charge is 0.482 e. The van der Waals surface area contributed by atoms with Gasteiger partial charge >= 0.3 is 0 Å². The highest BCUT2D eigenvalue weighted by molar-refractivity contribution is 9.10. The highest BCUT2D eigenvalue weighted by Gasteiger charge is 2.24. The lowest BCUT2D eigenvalue weighted by molar-refractivity contribution is -0.118. The number of hydrogen-bond acceptors (Lipinski definition) is 5. The van der Waals surface area contributed by atoms with Crippen LogP contribution in [0.2, 0.25) is 0 Å². The Hall–Kier alpha value is -2.46. The van der Waals surface area contributed by atoms with Crippen LogP contribution in [0.3, 0.4) is 0 Å². The monoisotopic (exact) mass is 470 g/mol. The summed E-state index contributed by atoms with van der Waals surface area (Å²) < 4.78 is 44.9. The van der Waals surface area contributed by atoms with Crippen LogP contribution in [0.25, 0.3) is 0 Å². The normalized spacial score (nSPS) is 13.3. The van der Waals surface area contributed by atoms with E-state index in [1.165, 1.54) is 24.3 Å². The third kappa shape index (κ3) is 4.50. The fourth-order valence-corrected chi connectivity index (χ4v) is 4.54. The molecule has 0 atom stereocenters. The highest BCUT2D eigenvalue weighted by Crippen LogP contribution is 2.33. The number of amides is 2. The van der Waals surface area contributed by atoms with Crippen LogP contribution in [0.15, 0.2) is 39.7 Å². The number of anilines is 2. The molecule has 0 radical (unpaired) electrons. The first-order valence-electron chi connectivity index (χ1n) is 8.20. The van der Waals surface area contributed by atoms with E-state index in [9.17, 15) is 22.4 Å². The third-order valence-corrected chi connectivity index (χ3v) is 6.39. The van der Waals surface area contributed by atoms with E-state index in [4.69, 9.17) is 4.74 Å². The fraction of sp³-hybridized carbons (Fsp3) is 0.222. The second-order valence-electron chi connectivity index (χ2n) is 6.19. The van der Waals surface area contributed by atoms with Crippen LogP contribution in [0.4, 0.5) is 15.8 Å². The van der Waals surface area contributed by atoms with E-state index in [2.05, 4.69) is 26.6 Å². The van der Waals surface area contributed by atoms with E-state index in [1.54, 1.807) is 13.0 Å². The molecule has 2 aromatic carbocycles. The molecule has 0 aromatic heterocycles. The minimum Gasteiger partial charge on any atom is -0.482 e. The van der Waals surface area contributed by atoms with Crippen molar-refractivity contribution in [2.24, 2.45) is 0 Å². The maximum atomic E-state index is 13.8. The molecule has 3 rings (SSSR count). The lowest BCUT2D eigenvalue weighted by Crippen LogP contribution is -2.26. The number of rotatable bonds is 5. The Kier molecular flexibility index (Phi) is 5.71. The van der Waals surface area contributed by atoms with Gasteiger partial charge in [-0.1, -0.05) is 15.9 Å². The van der Waals surface area contributed by atoms with Gasteiger partial charge in [-0.05, 0) is 36.8 Å². The molecule has 148 valence electrons. The van der Waals surface area contributed by atoms with E-state index in [0.29, 0.717) is 15.7 Å². The molecule has 0 bridgehead atoms. The van der Waals surface area contributed by atoms with Gasteiger partial charge in [-0.2, -0.15) is 0 Å². The summed E-state index contributed by atoms with van der Waals surface area (Å²) in [4.78, 5) is 23.4. The minimum atomic E-state index is -3.80. The summed E-state index contributed by atoms with van der Waals surface area (Å²) in [5, 5.41) is 4.96. The number of nitrogens with one attached hydrogen (secondary N) is 2. The van der Waals surface area contributed by atoms with E-state index >= 15 is 0 Å². The second kappa shape index (κ2) is 7.88. The molecule has 0 saturated carbocycles. The highest BCUT2D eigenvalue weighted by atomic mass is 79.9. The standard InChI is InChI=1S/C18H16BrFN2O5S/c1-10-6-14-15(27-9-18(24)22-14)8-16(10)28(25,26)5-4-17(23)21-13-3-2-11(19)7-12(13)20/h2-3,6-8H,4-5,9H2,1H3,(H,21,23)(H,22,24). The Morgan fingerprint density at radius 1 is 1.32 bits per heavy atom. The van der Waals surface area contributed by atoms with Crippen LogP contribution in [0.1, 0.15) is 12.0 Å². The number of ether oxygens (including phenoxy) is 1. The van der Waals surface area contributed by atoms with Gasteiger partial charge in [-0.25, -0.2) is 12.8 Å². The molecule has 0 spiro atoms. The van der Waals surface area contributed by atoms with Gasteiger partial charge in [0.05, 0.1) is 22.0 Å². The van der Waals surface area contributed by atoms with Crippen LogP contribution >= 0.6 is 15.9 Å². The van der Waals surface area contributed by atoms with Crippen molar-refractivity contribution in [2.75, 3.05) is 23.0 Å². The van der Waals surface area contributed by atoms with E-state index < -0.39 is 27.3 Å². The Labute approximate surface area is 169 Å². The first-order chi connectivity index (χ1) is 13.2.